The minimum absolute atomic E-state index is 0.321. The third-order valence-corrected chi connectivity index (χ3v) is 1.39. The summed E-state index contributed by atoms with van der Waals surface area (Å²) in [5.74, 6) is 0. The fourth-order valence-electron chi connectivity index (χ4n) is 0.699. The lowest BCUT2D eigenvalue weighted by molar-refractivity contribution is 1.26. The molecule has 0 aromatic carbocycles. The van der Waals surface area contributed by atoms with E-state index in [1.807, 2.05) is 6.07 Å². The van der Waals surface area contributed by atoms with Gasteiger partial charge in [-0.1, -0.05) is 11.6 Å². The number of hydrogen-bond donors (Lipinski definition) is 1. The molecule has 1 heterocycles. The van der Waals surface area contributed by atoms with Crippen LogP contribution < -0.4 is 5.32 Å². The molecule has 0 atom stereocenters. The van der Waals surface area contributed by atoms with Crippen LogP contribution in [0.3, 0.4) is 0 Å². The lowest BCUT2D eigenvalue weighted by Crippen LogP contribution is -1.91. The zero-order valence-corrected chi connectivity index (χ0v) is 6.68. The van der Waals surface area contributed by atoms with Gasteiger partial charge in [-0.3, -0.25) is 0 Å². The highest BCUT2D eigenvalue weighted by Crippen LogP contribution is 2.13. The molecule has 3 nitrogen and oxygen atoms in total. The molecule has 0 bridgehead atoms. The summed E-state index contributed by atoms with van der Waals surface area (Å²) in [6.45, 7) is 0. The Morgan fingerprint density at radius 1 is 1.64 bits per heavy atom. The zero-order chi connectivity index (χ0) is 8.27. The molecule has 0 aliphatic rings. The molecule has 1 aromatic rings. The van der Waals surface area contributed by atoms with E-state index in [-0.39, 0.29) is 0 Å². The van der Waals surface area contributed by atoms with Crippen molar-refractivity contribution < 1.29 is 0 Å². The van der Waals surface area contributed by atoms with E-state index < -0.39 is 0 Å². The molecule has 0 fully saturated rings. The Kier molecular flexibility index (Phi) is 2.29. The lowest BCUT2D eigenvalue weighted by atomic mass is 10.3. The molecule has 1 rings (SSSR count). The van der Waals surface area contributed by atoms with Crippen LogP contribution in [0.2, 0.25) is 5.15 Å². The van der Waals surface area contributed by atoms with Crippen LogP contribution in [0.15, 0.2) is 12.1 Å². The topological polar surface area (TPSA) is 48.7 Å². The smallest absolute Gasteiger partial charge is 0.144 e. The molecule has 0 radical (unpaired) electrons. The molecule has 0 aliphatic carbocycles. The second kappa shape index (κ2) is 3.22. The SMILES string of the molecule is CNc1cc(Cl)nc(C#N)c1. The average Bonchev–Trinajstić information content (AvgIpc) is 2.03. The van der Waals surface area contributed by atoms with Crippen molar-refractivity contribution in [3.63, 3.8) is 0 Å². The molecular weight excluding hydrogens is 162 g/mol. The molecule has 56 valence electrons. The number of nitrogens with zero attached hydrogens (tertiary/aromatic N) is 2. The number of rotatable bonds is 1. The standard InChI is InChI=1S/C7H6ClN3/c1-10-5-2-6(4-9)11-7(8)3-5/h2-3H,1H3,(H,10,11). The van der Waals surface area contributed by atoms with Gasteiger partial charge in [-0.2, -0.15) is 5.26 Å². The van der Waals surface area contributed by atoms with E-state index in [2.05, 4.69) is 10.3 Å². The molecule has 0 saturated carbocycles. The van der Waals surface area contributed by atoms with Crippen molar-refractivity contribution in [2.45, 2.75) is 0 Å². The molecule has 11 heavy (non-hydrogen) atoms. The van der Waals surface area contributed by atoms with Crippen molar-refractivity contribution in [2.24, 2.45) is 0 Å². The largest absolute Gasteiger partial charge is 0.388 e. The van der Waals surface area contributed by atoms with Gasteiger partial charge in [0.05, 0.1) is 0 Å². The molecule has 1 aromatic heterocycles. The van der Waals surface area contributed by atoms with Gasteiger partial charge in [0, 0.05) is 12.7 Å². The number of pyridine rings is 1. The Bertz CT molecular complexity index is 303. The summed E-state index contributed by atoms with van der Waals surface area (Å²) < 4.78 is 0. The van der Waals surface area contributed by atoms with E-state index in [0.29, 0.717) is 10.8 Å². The first-order valence-corrected chi connectivity index (χ1v) is 3.39. The van der Waals surface area contributed by atoms with Gasteiger partial charge in [-0.05, 0) is 12.1 Å². The van der Waals surface area contributed by atoms with Crippen LogP contribution in [0.1, 0.15) is 5.69 Å². The first-order valence-electron chi connectivity index (χ1n) is 3.01. The number of nitrogens with one attached hydrogen (secondary N) is 1. The Morgan fingerprint density at radius 2 is 2.36 bits per heavy atom. The molecule has 0 spiro atoms. The van der Waals surface area contributed by atoms with Crippen LogP contribution in [-0.4, -0.2) is 12.0 Å². The number of hydrogen-bond acceptors (Lipinski definition) is 3. The van der Waals surface area contributed by atoms with Crippen LogP contribution in [0.4, 0.5) is 5.69 Å². The fourth-order valence-corrected chi connectivity index (χ4v) is 0.907. The quantitative estimate of drug-likeness (QED) is 0.647. The monoisotopic (exact) mass is 167 g/mol. The van der Waals surface area contributed by atoms with Crippen molar-refractivity contribution in [1.82, 2.24) is 4.98 Å². The average molecular weight is 168 g/mol. The zero-order valence-electron chi connectivity index (χ0n) is 5.93. The predicted molar refractivity (Wildman–Crippen MR) is 43.5 cm³/mol. The van der Waals surface area contributed by atoms with Crippen molar-refractivity contribution in [3.05, 3.63) is 23.0 Å². The van der Waals surface area contributed by atoms with Crippen LogP contribution in [0.25, 0.3) is 0 Å². The van der Waals surface area contributed by atoms with E-state index in [4.69, 9.17) is 16.9 Å². The van der Waals surface area contributed by atoms with Gasteiger partial charge in [0.15, 0.2) is 0 Å². The molecule has 1 N–H and O–H groups in total. The molecule has 4 heteroatoms. The fraction of sp³-hybridized carbons (Fsp3) is 0.143. The van der Waals surface area contributed by atoms with Gasteiger partial charge in [0.25, 0.3) is 0 Å². The summed E-state index contributed by atoms with van der Waals surface area (Å²) in [6.07, 6.45) is 0. The van der Waals surface area contributed by atoms with Gasteiger partial charge >= 0.3 is 0 Å². The Hall–Kier alpha value is -1.27. The molecule has 0 saturated heterocycles. The molecule has 0 amide bonds. The molecule has 0 aliphatic heterocycles. The Balaban J connectivity index is 3.15. The van der Waals surface area contributed by atoms with E-state index in [1.165, 1.54) is 0 Å². The van der Waals surface area contributed by atoms with Gasteiger partial charge < -0.3 is 5.32 Å². The third-order valence-electron chi connectivity index (χ3n) is 1.20. The maximum atomic E-state index is 8.48. The number of halogens is 1. The first-order chi connectivity index (χ1) is 5.26. The first kappa shape index (κ1) is 7.83. The van der Waals surface area contributed by atoms with Crippen molar-refractivity contribution in [2.75, 3.05) is 12.4 Å². The summed E-state index contributed by atoms with van der Waals surface area (Å²) >= 11 is 5.61. The van der Waals surface area contributed by atoms with Crippen molar-refractivity contribution in [1.29, 1.82) is 5.26 Å². The molecular formula is C7H6ClN3. The minimum Gasteiger partial charge on any atom is -0.388 e. The molecule has 0 unspecified atom stereocenters. The minimum atomic E-state index is 0.321. The second-order valence-electron chi connectivity index (χ2n) is 1.93. The highest BCUT2D eigenvalue weighted by atomic mass is 35.5. The predicted octanol–water partition coefficient (Wildman–Crippen LogP) is 1.65. The maximum Gasteiger partial charge on any atom is 0.144 e. The van der Waals surface area contributed by atoms with Gasteiger partial charge in [-0.15, -0.1) is 0 Å². The van der Waals surface area contributed by atoms with Crippen LogP contribution >= 0.6 is 11.6 Å². The maximum absolute atomic E-state index is 8.48. The number of aromatic nitrogens is 1. The summed E-state index contributed by atoms with van der Waals surface area (Å²) in [5, 5.41) is 11.7. The van der Waals surface area contributed by atoms with Crippen LogP contribution in [-0.2, 0) is 0 Å². The van der Waals surface area contributed by atoms with Gasteiger partial charge in [0.1, 0.15) is 16.9 Å². The van der Waals surface area contributed by atoms with Gasteiger partial charge in [-0.25, -0.2) is 4.98 Å². The van der Waals surface area contributed by atoms with Crippen molar-refractivity contribution in [3.8, 4) is 6.07 Å². The summed E-state index contributed by atoms with van der Waals surface area (Å²) in [4.78, 5) is 3.76. The number of nitriles is 1. The highest BCUT2D eigenvalue weighted by Gasteiger charge is 1.97. The van der Waals surface area contributed by atoms with Gasteiger partial charge in [0.2, 0.25) is 0 Å². The Morgan fingerprint density at radius 3 is 2.91 bits per heavy atom. The van der Waals surface area contributed by atoms with E-state index in [0.717, 1.165) is 5.69 Å². The highest BCUT2D eigenvalue weighted by molar-refractivity contribution is 6.29. The van der Waals surface area contributed by atoms with E-state index >= 15 is 0 Å². The summed E-state index contributed by atoms with van der Waals surface area (Å²) in [7, 11) is 1.76. The Labute approximate surface area is 69.6 Å². The van der Waals surface area contributed by atoms with E-state index in [1.54, 1.807) is 19.2 Å². The summed E-state index contributed by atoms with van der Waals surface area (Å²) in [5.41, 5.74) is 1.11. The van der Waals surface area contributed by atoms with Crippen LogP contribution in [0, 0.1) is 11.3 Å². The van der Waals surface area contributed by atoms with E-state index in [9.17, 15) is 0 Å². The van der Waals surface area contributed by atoms with Crippen LogP contribution in [0.5, 0.6) is 0 Å². The van der Waals surface area contributed by atoms with Crippen molar-refractivity contribution >= 4 is 17.3 Å². The third kappa shape index (κ3) is 1.82. The lowest BCUT2D eigenvalue weighted by Gasteiger charge is -1.99. The summed E-state index contributed by atoms with van der Waals surface area (Å²) in [6, 6.07) is 5.19. The normalized spacial score (nSPS) is 8.82. The second-order valence-corrected chi connectivity index (χ2v) is 2.31. The number of anilines is 1.